The minimum Gasteiger partial charge on any atom is -0.497 e. The highest BCUT2D eigenvalue weighted by Crippen LogP contribution is 2.36. The van der Waals surface area contributed by atoms with Gasteiger partial charge >= 0.3 is 5.97 Å². The van der Waals surface area contributed by atoms with Crippen LogP contribution in [-0.2, 0) is 0 Å². The number of esters is 1. The van der Waals surface area contributed by atoms with Crippen molar-refractivity contribution in [1.82, 2.24) is 0 Å². The van der Waals surface area contributed by atoms with E-state index in [1.54, 1.807) is 37.4 Å². The van der Waals surface area contributed by atoms with Crippen molar-refractivity contribution in [3.05, 3.63) is 60.2 Å². The number of ether oxygens (including phenoxy) is 4. The maximum absolute atomic E-state index is 12.5. The van der Waals surface area contributed by atoms with Crippen molar-refractivity contribution in [1.29, 1.82) is 0 Å². The molecule has 0 aromatic heterocycles. The molecule has 0 amide bonds. The van der Waals surface area contributed by atoms with Crippen LogP contribution in [0.1, 0.15) is 10.4 Å². The normalized spacial score (nSPS) is 12.2. The van der Waals surface area contributed by atoms with Crippen molar-refractivity contribution in [2.24, 2.45) is 0 Å². The second kappa shape index (κ2) is 5.77. The fraction of sp³-hybridized carbons (Fsp3) is 0.105. The number of hydrogen-bond acceptors (Lipinski definition) is 5. The lowest BCUT2D eigenvalue weighted by atomic mass is 10.1. The van der Waals surface area contributed by atoms with Crippen molar-refractivity contribution in [2.45, 2.75) is 0 Å². The molecule has 120 valence electrons. The van der Waals surface area contributed by atoms with E-state index in [9.17, 15) is 4.79 Å². The van der Waals surface area contributed by atoms with E-state index in [1.165, 1.54) is 0 Å². The zero-order valence-electron chi connectivity index (χ0n) is 12.9. The largest absolute Gasteiger partial charge is 0.497 e. The van der Waals surface area contributed by atoms with Gasteiger partial charge in [0.25, 0.3) is 0 Å². The molecule has 1 heterocycles. The van der Waals surface area contributed by atoms with Gasteiger partial charge in [0.1, 0.15) is 17.1 Å². The van der Waals surface area contributed by atoms with Crippen LogP contribution in [0, 0.1) is 0 Å². The summed E-state index contributed by atoms with van der Waals surface area (Å²) in [6.45, 7) is 0.107. The molecule has 0 N–H and O–H groups in total. The van der Waals surface area contributed by atoms with Gasteiger partial charge in [0, 0.05) is 0 Å². The van der Waals surface area contributed by atoms with Crippen LogP contribution >= 0.6 is 0 Å². The summed E-state index contributed by atoms with van der Waals surface area (Å²) in [5.74, 6) is 1.69. The molecule has 5 heteroatoms. The Bertz CT molecular complexity index is 932. The van der Waals surface area contributed by atoms with Gasteiger partial charge in [-0.1, -0.05) is 18.2 Å². The Labute approximate surface area is 138 Å². The van der Waals surface area contributed by atoms with Gasteiger partial charge in [-0.15, -0.1) is 0 Å². The van der Waals surface area contributed by atoms with Crippen LogP contribution in [0.2, 0.25) is 0 Å². The summed E-state index contributed by atoms with van der Waals surface area (Å²) in [7, 11) is 1.61. The highest BCUT2D eigenvalue weighted by Gasteiger charge is 2.23. The number of fused-ring (bicyclic) bond motifs is 2. The Morgan fingerprint density at radius 1 is 0.958 bits per heavy atom. The molecular weight excluding hydrogens is 308 g/mol. The third-order valence-corrected chi connectivity index (χ3v) is 3.85. The minimum absolute atomic E-state index is 0.107. The molecule has 5 nitrogen and oxygen atoms in total. The van der Waals surface area contributed by atoms with E-state index in [0.717, 1.165) is 16.5 Å². The smallest absolute Gasteiger partial charge is 0.347 e. The molecule has 1 aliphatic heterocycles. The Morgan fingerprint density at radius 2 is 1.75 bits per heavy atom. The monoisotopic (exact) mass is 322 g/mol. The molecule has 0 spiro atoms. The molecule has 0 saturated carbocycles. The van der Waals surface area contributed by atoms with E-state index in [4.69, 9.17) is 18.9 Å². The number of hydrogen-bond donors (Lipinski definition) is 0. The van der Waals surface area contributed by atoms with Crippen LogP contribution in [-0.4, -0.2) is 19.9 Å². The molecule has 0 saturated heterocycles. The average molecular weight is 322 g/mol. The van der Waals surface area contributed by atoms with Crippen molar-refractivity contribution >= 4 is 16.7 Å². The Balaban J connectivity index is 1.64. The molecule has 0 atom stereocenters. The van der Waals surface area contributed by atoms with Crippen LogP contribution in [0.5, 0.6) is 23.0 Å². The molecule has 1 aliphatic rings. The highest BCUT2D eigenvalue weighted by molar-refractivity contribution is 5.95. The summed E-state index contributed by atoms with van der Waals surface area (Å²) >= 11 is 0. The molecule has 0 aliphatic carbocycles. The number of methoxy groups -OCH3 is 1. The topological polar surface area (TPSA) is 54.0 Å². The summed E-state index contributed by atoms with van der Waals surface area (Å²) in [6.07, 6.45) is 0. The lowest BCUT2D eigenvalue weighted by Crippen LogP contribution is -2.09. The quantitative estimate of drug-likeness (QED) is 0.542. The average Bonchev–Trinajstić information content (AvgIpc) is 3.09. The van der Waals surface area contributed by atoms with Crippen molar-refractivity contribution in [2.75, 3.05) is 13.9 Å². The molecule has 0 unspecified atom stereocenters. The first kappa shape index (κ1) is 14.4. The lowest BCUT2D eigenvalue weighted by Gasteiger charge is -2.08. The van der Waals surface area contributed by atoms with Crippen molar-refractivity contribution in [3.63, 3.8) is 0 Å². The van der Waals surface area contributed by atoms with Gasteiger partial charge in [0.2, 0.25) is 6.79 Å². The molecule has 0 bridgehead atoms. The van der Waals surface area contributed by atoms with Gasteiger partial charge in [-0.25, -0.2) is 4.79 Å². The fourth-order valence-electron chi connectivity index (χ4n) is 2.65. The van der Waals surface area contributed by atoms with Crippen LogP contribution in [0.3, 0.4) is 0 Å². The molecule has 0 fully saturated rings. The van der Waals surface area contributed by atoms with Gasteiger partial charge in [-0.3, -0.25) is 0 Å². The van der Waals surface area contributed by atoms with Crippen LogP contribution < -0.4 is 18.9 Å². The number of carbonyl (C=O) groups is 1. The highest BCUT2D eigenvalue weighted by atomic mass is 16.7. The first-order valence-corrected chi connectivity index (χ1v) is 7.43. The second-order valence-electron chi connectivity index (χ2n) is 5.30. The Hall–Kier alpha value is -3.21. The van der Waals surface area contributed by atoms with Crippen LogP contribution in [0.25, 0.3) is 10.8 Å². The molecule has 0 radical (unpaired) electrons. The van der Waals surface area contributed by atoms with E-state index < -0.39 is 5.97 Å². The third-order valence-electron chi connectivity index (χ3n) is 3.85. The van der Waals surface area contributed by atoms with E-state index in [2.05, 4.69) is 0 Å². The number of benzene rings is 3. The summed E-state index contributed by atoms with van der Waals surface area (Å²) in [6, 6.07) is 16.3. The van der Waals surface area contributed by atoms with Gasteiger partial charge in [0.05, 0.1) is 7.11 Å². The number of rotatable bonds is 3. The minimum atomic E-state index is -0.486. The maximum atomic E-state index is 12.5. The molecule has 3 aromatic carbocycles. The standard InChI is InChI=1S/C19H14O5/c1-21-14-7-5-12-6-8-15(10-13(12)9-14)24-19(20)16-3-2-4-17-18(16)23-11-22-17/h2-10H,11H2,1H3. The van der Waals surface area contributed by atoms with Gasteiger partial charge < -0.3 is 18.9 Å². The van der Waals surface area contributed by atoms with E-state index in [1.807, 2.05) is 24.3 Å². The zero-order valence-corrected chi connectivity index (χ0v) is 12.9. The molecule has 3 aromatic rings. The number of para-hydroxylation sites is 1. The summed E-state index contributed by atoms with van der Waals surface area (Å²) in [5, 5.41) is 1.96. The lowest BCUT2D eigenvalue weighted by molar-refractivity contribution is 0.0730. The molecule has 4 rings (SSSR count). The predicted octanol–water partition coefficient (Wildman–Crippen LogP) is 3.80. The van der Waals surface area contributed by atoms with Crippen LogP contribution in [0.4, 0.5) is 0 Å². The molecule has 24 heavy (non-hydrogen) atoms. The van der Waals surface area contributed by atoms with Crippen molar-refractivity contribution < 1.29 is 23.7 Å². The fourth-order valence-corrected chi connectivity index (χ4v) is 2.65. The van der Waals surface area contributed by atoms with Gasteiger partial charge in [-0.2, -0.15) is 0 Å². The van der Waals surface area contributed by atoms with Crippen molar-refractivity contribution in [3.8, 4) is 23.0 Å². The van der Waals surface area contributed by atoms with Gasteiger partial charge in [0.15, 0.2) is 11.5 Å². The maximum Gasteiger partial charge on any atom is 0.347 e. The first-order valence-electron chi connectivity index (χ1n) is 7.43. The van der Waals surface area contributed by atoms with E-state index in [-0.39, 0.29) is 6.79 Å². The van der Waals surface area contributed by atoms with Gasteiger partial charge in [-0.05, 0) is 47.2 Å². The predicted molar refractivity (Wildman–Crippen MR) is 88.0 cm³/mol. The summed E-state index contributed by atoms with van der Waals surface area (Å²) in [5.41, 5.74) is 0.343. The Morgan fingerprint density at radius 3 is 2.58 bits per heavy atom. The Kier molecular flexibility index (Phi) is 3.46. The molecular formula is C19H14O5. The van der Waals surface area contributed by atoms with E-state index >= 15 is 0 Å². The summed E-state index contributed by atoms with van der Waals surface area (Å²) in [4.78, 5) is 12.5. The second-order valence-corrected chi connectivity index (χ2v) is 5.30. The third kappa shape index (κ3) is 2.50. The van der Waals surface area contributed by atoms with Crippen LogP contribution in [0.15, 0.2) is 54.6 Å². The summed E-state index contributed by atoms with van der Waals surface area (Å²) < 4.78 is 21.3. The SMILES string of the molecule is COc1ccc2ccc(OC(=O)c3cccc4c3OCO4)cc2c1. The van der Waals surface area contributed by atoms with E-state index in [0.29, 0.717) is 22.8 Å². The number of carbonyl (C=O) groups excluding carboxylic acids is 1. The first-order chi connectivity index (χ1) is 11.7. The zero-order chi connectivity index (χ0) is 16.5.